The van der Waals surface area contributed by atoms with E-state index < -0.39 is 0 Å². The van der Waals surface area contributed by atoms with E-state index in [1.165, 1.54) is 6.92 Å². The van der Waals surface area contributed by atoms with Gasteiger partial charge in [0.05, 0.1) is 6.04 Å². The molecule has 18 heavy (non-hydrogen) atoms. The van der Waals surface area contributed by atoms with Crippen LogP contribution in [0.25, 0.3) is 0 Å². The second-order valence-electron chi connectivity index (χ2n) is 4.07. The van der Waals surface area contributed by atoms with Crippen LogP contribution in [0.15, 0.2) is 4.99 Å². The van der Waals surface area contributed by atoms with Gasteiger partial charge in [-0.15, -0.1) is 0 Å². The number of esters is 1. The van der Waals surface area contributed by atoms with Crippen molar-refractivity contribution in [1.82, 2.24) is 4.90 Å². The second kappa shape index (κ2) is 5.93. The molecule has 0 spiro atoms. The molecule has 6 heteroatoms. The molecule has 0 aromatic heterocycles. The van der Waals surface area contributed by atoms with E-state index in [1.54, 1.807) is 11.8 Å². The molecule has 2 aliphatic rings. The fourth-order valence-corrected chi connectivity index (χ4v) is 2.69. The van der Waals surface area contributed by atoms with E-state index in [9.17, 15) is 4.79 Å². The van der Waals surface area contributed by atoms with Crippen LogP contribution in [0.5, 0.6) is 0 Å². The summed E-state index contributed by atoms with van der Waals surface area (Å²) < 4.78 is 10.7. The summed E-state index contributed by atoms with van der Waals surface area (Å²) in [4.78, 5) is 17.3. The Balaban J connectivity index is 1.85. The SMILES string of the molecule is CCN(C)C1=N[C@@H]2[C][C][C@H](COC(C)=O)O[C@@H]2S1. The number of nitrogens with zero attached hydrogens (tertiary/aromatic N) is 2. The van der Waals surface area contributed by atoms with Gasteiger partial charge in [0.2, 0.25) is 0 Å². The third kappa shape index (κ3) is 3.17. The average molecular weight is 268 g/mol. The zero-order valence-corrected chi connectivity index (χ0v) is 11.5. The minimum atomic E-state index is -0.343. The Kier molecular flexibility index (Phi) is 4.50. The summed E-state index contributed by atoms with van der Waals surface area (Å²) in [5, 5.41) is 0.954. The lowest BCUT2D eigenvalue weighted by molar-refractivity contribution is -0.145. The molecule has 98 valence electrons. The molecular formula is C12H16N2O3S. The summed E-state index contributed by atoms with van der Waals surface area (Å²) in [6.45, 7) is 4.53. The maximum Gasteiger partial charge on any atom is 0.302 e. The summed E-state index contributed by atoms with van der Waals surface area (Å²) >= 11 is 1.58. The number of hydrogen-bond donors (Lipinski definition) is 0. The highest BCUT2D eigenvalue weighted by Gasteiger charge is 2.39. The van der Waals surface area contributed by atoms with Gasteiger partial charge in [-0.05, 0) is 6.92 Å². The van der Waals surface area contributed by atoms with Crippen LogP contribution in [0.4, 0.5) is 0 Å². The lowest BCUT2D eigenvalue weighted by Gasteiger charge is -2.29. The molecule has 0 aliphatic carbocycles. The topological polar surface area (TPSA) is 51.1 Å². The van der Waals surface area contributed by atoms with Crippen LogP contribution in [0, 0.1) is 12.8 Å². The van der Waals surface area contributed by atoms with E-state index in [0.29, 0.717) is 0 Å². The summed E-state index contributed by atoms with van der Waals surface area (Å²) in [6.07, 6.45) is 5.65. The van der Waals surface area contributed by atoms with E-state index in [1.807, 2.05) is 7.05 Å². The van der Waals surface area contributed by atoms with Gasteiger partial charge in [0.1, 0.15) is 18.1 Å². The minimum Gasteiger partial charge on any atom is -0.463 e. The molecule has 1 saturated heterocycles. The molecule has 2 aliphatic heterocycles. The molecule has 0 N–H and O–H groups in total. The smallest absolute Gasteiger partial charge is 0.302 e. The van der Waals surface area contributed by atoms with Gasteiger partial charge in [0.15, 0.2) is 5.17 Å². The molecule has 0 amide bonds. The number of aliphatic imine (C=N–C) groups is 1. The number of carbonyl (C=O) groups is 1. The lowest BCUT2D eigenvalue weighted by Crippen LogP contribution is -2.37. The first-order valence-electron chi connectivity index (χ1n) is 5.85. The number of rotatable bonds is 3. The van der Waals surface area contributed by atoms with Crippen LogP contribution >= 0.6 is 11.8 Å². The van der Waals surface area contributed by atoms with Gasteiger partial charge in [0.25, 0.3) is 0 Å². The molecule has 0 saturated carbocycles. The monoisotopic (exact) mass is 268 g/mol. The van der Waals surface area contributed by atoms with Crippen molar-refractivity contribution in [3.05, 3.63) is 12.8 Å². The van der Waals surface area contributed by atoms with Gasteiger partial charge in [-0.2, -0.15) is 0 Å². The number of hydrogen-bond acceptors (Lipinski definition) is 6. The Hall–Kier alpha value is -0.750. The van der Waals surface area contributed by atoms with Crippen molar-refractivity contribution in [3.8, 4) is 0 Å². The highest BCUT2D eigenvalue weighted by atomic mass is 32.2. The first kappa shape index (κ1) is 13.7. The first-order chi connectivity index (χ1) is 8.60. The van der Waals surface area contributed by atoms with Crippen molar-refractivity contribution in [1.29, 1.82) is 0 Å². The number of amidine groups is 1. The van der Waals surface area contributed by atoms with Crippen molar-refractivity contribution in [2.24, 2.45) is 4.99 Å². The zero-order chi connectivity index (χ0) is 13.1. The van der Waals surface area contributed by atoms with Gasteiger partial charge in [-0.1, -0.05) is 11.8 Å². The van der Waals surface area contributed by atoms with E-state index >= 15 is 0 Å². The van der Waals surface area contributed by atoms with Gasteiger partial charge in [-0.25, -0.2) is 0 Å². The number of fused-ring (bicyclic) bond motifs is 1. The van der Waals surface area contributed by atoms with E-state index in [2.05, 4.69) is 29.7 Å². The molecule has 2 rings (SSSR count). The molecule has 4 radical (unpaired) electrons. The van der Waals surface area contributed by atoms with Crippen LogP contribution in [0.1, 0.15) is 13.8 Å². The Morgan fingerprint density at radius 1 is 1.61 bits per heavy atom. The third-order valence-electron chi connectivity index (χ3n) is 2.66. The van der Waals surface area contributed by atoms with Crippen molar-refractivity contribution in [2.75, 3.05) is 20.2 Å². The van der Waals surface area contributed by atoms with E-state index in [4.69, 9.17) is 9.47 Å². The summed E-state index contributed by atoms with van der Waals surface area (Å²) in [7, 11) is 1.99. The fraction of sp³-hybridized carbons (Fsp3) is 0.667. The molecule has 3 atom stereocenters. The summed E-state index contributed by atoms with van der Waals surface area (Å²) in [5.41, 5.74) is -0.0872. The van der Waals surface area contributed by atoms with E-state index in [0.717, 1.165) is 11.7 Å². The average Bonchev–Trinajstić information content (AvgIpc) is 2.78. The van der Waals surface area contributed by atoms with Crippen molar-refractivity contribution in [2.45, 2.75) is 31.4 Å². The van der Waals surface area contributed by atoms with Gasteiger partial charge in [0, 0.05) is 33.4 Å². The normalized spacial score (nSPS) is 30.6. The fourth-order valence-electron chi connectivity index (χ4n) is 1.55. The highest BCUT2D eigenvalue weighted by molar-refractivity contribution is 8.14. The van der Waals surface area contributed by atoms with Gasteiger partial charge < -0.3 is 14.4 Å². The van der Waals surface area contributed by atoms with Crippen LogP contribution in [0.3, 0.4) is 0 Å². The Morgan fingerprint density at radius 2 is 2.39 bits per heavy atom. The van der Waals surface area contributed by atoms with Crippen LogP contribution < -0.4 is 0 Å². The maximum absolute atomic E-state index is 10.7. The standard InChI is InChI=1S/C12H16N2O3S/c1-4-14(3)12-13-10-6-5-9(7-16-8(2)15)17-11(10)18-12/h9-11H,4,7H2,1-3H3/t9-,10-,11-/m1/s1. The Morgan fingerprint density at radius 3 is 3.06 bits per heavy atom. The Labute approximate surface area is 112 Å². The Bertz CT molecular complexity index is 348. The van der Waals surface area contributed by atoms with Crippen molar-refractivity contribution >= 4 is 22.9 Å². The van der Waals surface area contributed by atoms with E-state index in [-0.39, 0.29) is 30.2 Å². The molecule has 0 aromatic carbocycles. The molecule has 0 unspecified atom stereocenters. The number of carbonyl (C=O) groups excluding carboxylic acids is 1. The molecule has 2 heterocycles. The minimum absolute atomic E-state index is 0.0872. The summed E-state index contributed by atoms with van der Waals surface area (Å²) in [5.74, 6) is -0.316. The third-order valence-corrected chi connectivity index (χ3v) is 3.89. The van der Waals surface area contributed by atoms with Crippen molar-refractivity contribution < 1.29 is 14.3 Å². The number of ether oxygens (including phenoxy) is 2. The van der Waals surface area contributed by atoms with Gasteiger partial charge >= 0.3 is 5.97 Å². The molecule has 0 bridgehead atoms. The molecule has 5 nitrogen and oxygen atoms in total. The van der Waals surface area contributed by atoms with Crippen LogP contribution in [-0.2, 0) is 14.3 Å². The lowest BCUT2D eigenvalue weighted by atomic mass is 10.1. The predicted octanol–water partition coefficient (Wildman–Crippen LogP) is 0.860. The molecule has 0 aromatic rings. The molecular weight excluding hydrogens is 252 g/mol. The first-order valence-corrected chi connectivity index (χ1v) is 6.73. The summed E-state index contributed by atoms with van der Waals surface area (Å²) in [6, 6.07) is -0.104. The highest BCUT2D eigenvalue weighted by Crippen LogP contribution is 2.35. The largest absolute Gasteiger partial charge is 0.463 e. The number of thioether (sulfide) groups is 1. The van der Waals surface area contributed by atoms with Crippen LogP contribution in [0.2, 0.25) is 0 Å². The zero-order valence-electron chi connectivity index (χ0n) is 10.7. The van der Waals surface area contributed by atoms with Gasteiger partial charge in [-0.3, -0.25) is 9.79 Å². The second-order valence-corrected chi connectivity index (χ2v) is 5.14. The van der Waals surface area contributed by atoms with Crippen molar-refractivity contribution in [3.63, 3.8) is 0 Å². The molecule has 1 fully saturated rings. The quantitative estimate of drug-likeness (QED) is 0.711. The maximum atomic E-state index is 10.7. The predicted molar refractivity (Wildman–Crippen MR) is 68.9 cm³/mol. The van der Waals surface area contributed by atoms with Crippen LogP contribution in [-0.4, -0.2) is 53.8 Å².